The number of nitrogens with zero attached hydrogens (tertiary/aromatic N) is 2. The van der Waals surface area contributed by atoms with Gasteiger partial charge in [0.1, 0.15) is 0 Å². The molecular weight excluding hydrogens is 364 g/mol. The topological polar surface area (TPSA) is 107 Å². The molecule has 2 aliphatic rings. The summed E-state index contributed by atoms with van der Waals surface area (Å²) in [5.41, 5.74) is 0.989. The lowest BCUT2D eigenvalue weighted by Gasteiger charge is -2.24. The fourth-order valence-corrected chi connectivity index (χ4v) is 6.94. The highest BCUT2D eigenvalue weighted by Gasteiger charge is 2.48. The maximum atomic E-state index is 11.9. The maximum Gasteiger partial charge on any atom is 0.248 e. The van der Waals surface area contributed by atoms with Crippen molar-refractivity contribution in [2.45, 2.75) is 30.7 Å². The van der Waals surface area contributed by atoms with Crippen molar-refractivity contribution in [3.8, 4) is 0 Å². The zero-order valence-corrected chi connectivity index (χ0v) is 15.0. The number of hydrogen-bond acceptors (Lipinski definition) is 6. The number of amidine groups is 1. The van der Waals surface area contributed by atoms with Crippen LogP contribution in [0.25, 0.3) is 0 Å². The van der Waals surface area contributed by atoms with E-state index in [4.69, 9.17) is 0 Å². The summed E-state index contributed by atoms with van der Waals surface area (Å²) in [7, 11) is -3.09. The van der Waals surface area contributed by atoms with E-state index in [9.17, 15) is 23.1 Å². The molecular formula is C16H17N2O5S2-. The Morgan fingerprint density at radius 3 is 2.60 bits per heavy atom. The van der Waals surface area contributed by atoms with E-state index in [1.165, 1.54) is 11.8 Å². The minimum absolute atomic E-state index is 0.0454. The largest absolute Gasteiger partial charge is 0.550 e. The molecule has 0 aliphatic carbocycles. The predicted molar refractivity (Wildman–Crippen MR) is 92.5 cm³/mol. The summed E-state index contributed by atoms with van der Waals surface area (Å²) in [5, 5.41) is 10.8. The van der Waals surface area contributed by atoms with Crippen molar-refractivity contribution in [3.05, 3.63) is 35.9 Å². The van der Waals surface area contributed by atoms with Crippen LogP contribution in [0.2, 0.25) is 0 Å². The van der Waals surface area contributed by atoms with E-state index in [2.05, 4.69) is 4.99 Å². The van der Waals surface area contributed by atoms with E-state index in [0.717, 1.165) is 5.56 Å². The number of fused-ring (bicyclic) bond motifs is 1. The highest BCUT2D eigenvalue weighted by atomic mass is 32.2. The van der Waals surface area contributed by atoms with Crippen LogP contribution in [0.3, 0.4) is 0 Å². The van der Waals surface area contributed by atoms with Crippen LogP contribution in [0.15, 0.2) is 35.3 Å². The third-order valence-corrected chi connectivity index (χ3v) is 7.38. The second kappa shape index (κ2) is 7.17. The van der Waals surface area contributed by atoms with Crippen molar-refractivity contribution in [3.63, 3.8) is 0 Å². The number of rotatable bonds is 5. The molecule has 1 aromatic rings. The Morgan fingerprint density at radius 2 is 1.92 bits per heavy atom. The molecule has 2 atom stereocenters. The van der Waals surface area contributed by atoms with Gasteiger partial charge in [-0.2, -0.15) is 4.99 Å². The molecule has 7 nitrogen and oxygen atoms in total. The SMILES string of the molecule is O=C([O-])CCC(=O)N=C1S[C@H]2CS(=O)(=O)C[C@@H]2N1Cc1ccccc1. The first-order chi connectivity index (χ1) is 11.8. The van der Waals surface area contributed by atoms with Gasteiger partial charge in [-0.05, 0) is 12.0 Å². The van der Waals surface area contributed by atoms with Gasteiger partial charge < -0.3 is 14.8 Å². The molecule has 0 N–H and O–H groups in total. The predicted octanol–water partition coefficient (Wildman–Crippen LogP) is -0.186. The number of carbonyl (C=O) groups is 2. The molecule has 134 valence electrons. The minimum atomic E-state index is -3.09. The van der Waals surface area contributed by atoms with Gasteiger partial charge in [0, 0.05) is 24.2 Å². The lowest BCUT2D eigenvalue weighted by atomic mass is 10.1. The van der Waals surface area contributed by atoms with Gasteiger partial charge in [-0.1, -0.05) is 42.1 Å². The lowest BCUT2D eigenvalue weighted by Crippen LogP contribution is -2.37. The molecule has 2 aliphatic heterocycles. The Balaban J connectivity index is 1.81. The van der Waals surface area contributed by atoms with Gasteiger partial charge in [0.25, 0.3) is 0 Å². The quantitative estimate of drug-likeness (QED) is 0.696. The Kier molecular flexibility index (Phi) is 5.14. The van der Waals surface area contributed by atoms with E-state index in [1.807, 2.05) is 35.2 Å². The summed E-state index contributed by atoms with van der Waals surface area (Å²) < 4.78 is 23.9. The van der Waals surface area contributed by atoms with Crippen molar-refractivity contribution in [2.75, 3.05) is 11.5 Å². The Hall–Kier alpha value is -1.87. The minimum Gasteiger partial charge on any atom is -0.550 e. The average Bonchev–Trinajstić information content (AvgIpc) is 2.99. The maximum absolute atomic E-state index is 11.9. The van der Waals surface area contributed by atoms with Crippen LogP contribution in [0.5, 0.6) is 0 Å². The molecule has 2 fully saturated rings. The van der Waals surface area contributed by atoms with E-state index in [-0.39, 0.29) is 35.6 Å². The van der Waals surface area contributed by atoms with Gasteiger partial charge in [-0.3, -0.25) is 4.79 Å². The molecule has 0 saturated carbocycles. The van der Waals surface area contributed by atoms with E-state index >= 15 is 0 Å². The summed E-state index contributed by atoms with van der Waals surface area (Å²) in [6, 6.07) is 9.31. The fraction of sp³-hybridized carbons (Fsp3) is 0.438. The van der Waals surface area contributed by atoms with E-state index < -0.39 is 21.7 Å². The first kappa shape index (κ1) is 17.9. The zero-order chi connectivity index (χ0) is 18.0. The highest BCUT2D eigenvalue weighted by molar-refractivity contribution is 8.15. The van der Waals surface area contributed by atoms with Gasteiger partial charge in [0.15, 0.2) is 15.0 Å². The van der Waals surface area contributed by atoms with Crippen molar-refractivity contribution in [1.82, 2.24) is 4.90 Å². The number of carboxylic acid groups (broad SMARTS) is 1. The number of hydrogen-bond donors (Lipinski definition) is 0. The first-order valence-electron chi connectivity index (χ1n) is 7.83. The van der Waals surface area contributed by atoms with E-state index in [1.54, 1.807) is 0 Å². The molecule has 2 heterocycles. The Morgan fingerprint density at radius 1 is 1.20 bits per heavy atom. The normalized spacial score (nSPS) is 25.9. The molecule has 0 spiro atoms. The highest BCUT2D eigenvalue weighted by Crippen LogP contribution is 2.39. The van der Waals surface area contributed by atoms with Crippen LogP contribution < -0.4 is 5.11 Å². The molecule has 25 heavy (non-hydrogen) atoms. The molecule has 3 rings (SSSR count). The van der Waals surface area contributed by atoms with Crippen molar-refractivity contribution in [1.29, 1.82) is 0 Å². The number of carbonyl (C=O) groups excluding carboxylic acids is 2. The van der Waals surface area contributed by atoms with Crippen LogP contribution in [-0.2, 0) is 26.0 Å². The second-order valence-corrected chi connectivity index (χ2v) is 9.43. The number of aliphatic carboxylic acids is 1. The van der Waals surface area contributed by atoms with Crippen molar-refractivity contribution in [2.24, 2.45) is 4.99 Å². The molecule has 1 aromatic carbocycles. The summed E-state index contributed by atoms with van der Waals surface area (Å²) in [5.74, 6) is -1.71. The van der Waals surface area contributed by atoms with Crippen molar-refractivity contribution >= 4 is 38.6 Å². The Bertz CT molecular complexity index is 807. The number of sulfone groups is 1. The van der Waals surface area contributed by atoms with Gasteiger partial charge >= 0.3 is 0 Å². The smallest absolute Gasteiger partial charge is 0.248 e. The molecule has 0 aromatic heterocycles. The van der Waals surface area contributed by atoms with Crippen LogP contribution in [0, 0.1) is 0 Å². The van der Waals surface area contributed by atoms with Gasteiger partial charge in [-0.15, -0.1) is 0 Å². The summed E-state index contributed by atoms with van der Waals surface area (Å²) in [4.78, 5) is 28.3. The molecule has 2 saturated heterocycles. The third kappa shape index (κ3) is 4.40. The van der Waals surface area contributed by atoms with Gasteiger partial charge in [0.05, 0.1) is 17.5 Å². The van der Waals surface area contributed by atoms with Gasteiger partial charge in [0.2, 0.25) is 5.91 Å². The number of aliphatic imine (C=N–C) groups is 1. The molecule has 0 bridgehead atoms. The van der Waals surface area contributed by atoms with E-state index in [0.29, 0.717) is 11.7 Å². The second-order valence-electron chi connectivity index (χ2n) is 6.07. The summed E-state index contributed by atoms with van der Waals surface area (Å²) >= 11 is 1.29. The lowest BCUT2D eigenvalue weighted by molar-refractivity contribution is -0.305. The number of benzene rings is 1. The Labute approximate surface area is 150 Å². The van der Waals surface area contributed by atoms with Crippen molar-refractivity contribution < 1.29 is 23.1 Å². The number of thioether (sulfide) groups is 1. The first-order valence-corrected chi connectivity index (χ1v) is 10.5. The van der Waals surface area contributed by atoms with Crippen LogP contribution in [0.4, 0.5) is 0 Å². The zero-order valence-electron chi connectivity index (χ0n) is 13.3. The van der Waals surface area contributed by atoms with Crippen LogP contribution >= 0.6 is 11.8 Å². The number of carboxylic acids is 1. The van der Waals surface area contributed by atoms with Gasteiger partial charge in [-0.25, -0.2) is 8.42 Å². The summed E-state index contributed by atoms with van der Waals surface area (Å²) in [6.07, 6.45) is -0.598. The molecule has 9 heteroatoms. The molecule has 0 radical (unpaired) electrons. The third-order valence-electron chi connectivity index (χ3n) is 4.13. The fourth-order valence-electron chi connectivity index (χ4n) is 2.97. The monoisotopic (exact) mass is 381 g/mol. The van der Waals surface area contributed by atoms with Crippen LogP contribution in [-0.4, -0.2) is 53.2 Å². The average molecular weight is 381 g/mol. The van der Waals surface area contributed by atoms with Crippen LogP contribution in [0.1, 0.15) is 18.4 Å². The molecule has 0 unspecified atom stereocenters. The standard InChI is InChI=1S/C16H18N2O5S2/c19-14(6-7-15(20)21)17-16-18(8-11-4-2-1-3-5-11)12-9-25(22,23)10-13(12)24-16/h1-5,12-13H,6-10H2,(H,20,21)/p-1/t12-,13-/m0/s1. The summed E-state index contributed by atoms with van der Waals surface area (Å²) in [6.45, 7) is 0.455. The molecule has 1 amide bonds. The number of amides is 1.